The number of nitrogens with zero attached hydrogens (tertiary/aromatic N) is 4. The number of aryl methyl sites for hydroxylation is 1. The monoisotopic (exact) mass is 380 g/mol. The molecule has 6 nitrogen and oxygen atoms in total. The number of fused-ring (bicyclic) bond motifs is 2. The van der Waals surface area contributed by atoms with E-state index in [1.165, 1.54) is 12.5 Å². The lowest BCUT2D eigenvalue weighted by molar-refractivity contribution is 0.214. The van der Waals surface area contributed by atoms with Gasteiger partial charge in [-0.3, -0.25) is 0 Å². The molecular weight excluding hydrogens is 359 g/mol. The summed E-state index contributed by atoms with van der Waals surface area (Å²) in [5, 5.41) is 20.9. The van der Waals surface area contributed by atoms with Crippen LogP contribution in [-0.2, 0) is 0 Å². The van der Waals surface area contributed by atoms with E-state index in [0.717, 1.165) is 36.1 Å². The Morgan fingerprint density at radius 2 is 2.07 bits per heavy atom. The minimum absolute atomic E-state index is 0.0461. The average Bonchev–Trinajstić information content (AvgIpc) is 3.27. The number of aromatic hydroxyl groups is 1. The molecule has 1 aromatic carbocycles. The number of likely N-dealkylation sites (tertiary alicyclic amines) is 1. The summed E-state index contributed by atoms with van der Waals surface area (Å²) in [6.45, 7) is 4.10. The van der Waals surface area contributed by atoms with Crippen LogP contribution in [0.5, 0.6) is 5.75 Å². The predicted octanol–water partition coefficient (Wildman–Crippen LogP) is 4.26. The lowest BCUT2D eigenvalue weighted by atomic mass is 10.0. The van der Waals surface area contributed by atoms with Gasteiger partial charge in [-0.25, -0.2) is 0 Å². The molecule has 3 aromatic heterocycles. The van der Waals surface area contributed by atoms with Gasteiger partial charge in [0, 0.05) is 35.8 Å². The number of likely N-dealkylation sites (N-methyl/N-ethyl adjacent to an activating group) is 1. The number of hydrogen-bond donors (Lipinski definition) is 1. The van der Waals surface area contributed by atoms with Crippen LogP contribution >= 0.6 is 0 Å². The predicted molar refractivity (Wildman–Crippen MR) is 105 cm³/mol. The van der Waals surface area contributed by atoms with Crippen molar-refractivity contribution in [1.82, 2.24) is 19.7 Å². The lowest BCUT2D eigenvalue weighted by Crippen LogP contribution is -2.33. The first-order chi connectivity index (χ1) is 13.5. The first-order valence-electron chi connectivity index (χ1n) is 9.46. The van der Waals surface area contributed by atoms with Gasteiger partial charge in [0.15, 0.2) is 5.65 Å². The van der Waals surface area contributed by atoms with Gasteiger partial charge in [0.05, 0.1) is 5.39 Å². The Morgan fingerprint density at radius 3 is 2.89 bits per heavy atom. The van der Waals surface area contributed by atoms with Gasteiger partial charge in [-0.2, -0.15) is 4.39 Å². The van der Waals surface area contributed by atoms with Crippen molar-refractivity contribution in [3.8, 4) is 17.0 Å². The zero-order valence-electron chi connectivity index (χ0n) is 15.8. The Bertz CT molecular complexity index is 1200. The van der Waals surface area contributed by atoms with E-state index in [9.17, 15) is 9.50 Å². The minimum Gasteiger partial charge on any atom is -0.506 e. The summed E-state index contributed by atoms with van der Waals surface area (Å²) in [5.74, 6) is -0.0461. The maximum absolute atomic E-state index is 13.4. The van der Waals surface area contributed by atoms with E-state index in [1.807, 2.05) is 6.92 Å². The summed E-state index contributed by atoms with van der Waals surface area (Å²) in [6.07, 6.45) is 4.37. The van der Waals surface area contributed by atoms with Crippen molar-refractivity contribution in [3.05, 3.63) is 42.0 Å². The first-order valence-corrected chi connectivity index (χ1v) is 9.46. The summed E-state index contributed by atoms with van der Waals surface area (Å²) >= 11 is 0. The summed E-state index contributed by atoms with van der Waals surface area (Å²) in [4.78, 5) is 2.34. The molecule has 1 saturated heterocycles. The number of phenolic OH excluding ortho intramolecular Hbond substituents is 1. The molecule has 0 aliphatic carbocycles. The molecule has 1 atom stereocenters. The Hall–Kier alpha value is -2.93. The second-order valence-corrected chi connectivity index (χ2v) is 7.62. The van der Waals surface area contributed by atoms with Crippen LogP contribution in [0.4, 0.5) is 4.39 Å². The van der Waals surface area contributed by atoms with Gasteiger partial charge in [0.25, 0.3) is 6.01 Å². The van der Waals surface area contributed by atoms with Crippen LogP contribution in [0.3, 0.4) is 0 Å². The fourth-order valence-electron chi connectivity index (χ4n) is 4.31. The minimum atomic E-state index is -0.727. The largest absolute Gasteiger partial charge is 0.506 e. The van der Waals surface area contributed by atoms with Crippen molar-refractivity contribution in [2.24, 2.45) is 0 Å². The number of hydrogen-bond acceptors (Lipinski definition) is 5. The van der Waals surface area contributed by atoms with Gasteiger partial charge in [0.1, 0.15) is 17.0 Å². The smallest absolute Gasteiger partial charge is 0.279 e. The Labute approximate surface area is 161 Å². The van der Waals surface area contributed by atoms with Gasteiger partial charge < -0.3 is 19.0 Å². The second kappa shape index (κ2) is 6.31. The van der Waals surface area contributed by atoms with E-state index in [4.69, 9.17) is 4.42 Å². The maximum Gasteiger partial charge on any atom is 0.279 e. The SMILES string of the molecule is Cc1c(-c2ccc3oc(F)cc3c2O)nnc2c1ccn2[C@@H]1CCCN(C)C1. The molecule has 0 amide bonds. The van der Waals surface area contributed by atoms with E-state index in [0.29, 0.717) is 28.3 Å². The van der Waals surface area contributed by atoms with Gasteiger partial charge in [-0.15, -0.1) is 10.2 Å². The molecule has 4 heterocycles. The Kier molecular flexibility index (Phi) is 3.87. The van der Waals surface area contributed by atoms with Crippen molar-refractivity contribution in [2.45, 2.75) is 25.8 Å². The molecule has 4 aromatic rings. The highest BCUT2D eigenvalue weighted by Crippen LogP contribution is 2.39. The standard InChI is InChI=1S/C21H21FN4O2/c1-12-14-7-9-26(13-4-3-8-25(2)11-13)21(14)24-23-19(12)15-5-6-17-16(20(15)27)10-18(22)28-17/h5-7,9-10,13,27H,3-4,8,11H2,1-2H3/t13-/m1/s1. The number of phenols is 1. The zero-order chi connectivity index (χ0) is 19.4. The van der Waals surface area contributed by atoms with Crippen LogP contribution in [0.1, 0.15) is 24.4 Å². The topological polar surface area (TPSA) is 67.3 Å². The third kappa shape index (κ3) is 2.57. The first kappa shape index (κ1) is 17.2. The molecule has 7 heteroatoms. The maximum atomic E-state index is 13.4. The summed E-state index contributed by atoms with van der Waals surface area (Å²) in [6, 6.07) is 6.23. The number of rotatable bonds is 2. The molecule has 0 saturated carbocycles. The van der Waals surface area contributed by atoms with Crippen LogP contribution in [0, 0.1) is 12.9 Å². The van der Waals surface area contributed by atoms with Gasteiger partial charge in [-0.05, 0) is 57.1 Å². The highest BCUT2D eigenvalue weighted by atomic mass is 19.1. The van der Waals surface area contributed by atoms with Crippen LogP contribution in [0.2, 0.25) is 0 Å². The lowest BCUT2D eigenvalue weighted by Gasteiger charge is -2.30. The van der Waals surface area contributed by atoms with E-state index in [2.05, 4.69) is 39.0 Å². The molecule has 28 heavy (non-hydrogen) atoms. The molecule has 0 bridgehead atoms. The molecule has 5 rings (SSSR count). The van der Waals surface area contributed by atoms with E-state index in [-0.39, 0.29) is 5.75 Å². The van der Waals surface area contributed by atoms with Crippen molar-refractivity contribution < 1.29 is 13.9 Å². The summed E-state index contributed by atoms with van der Waals surface area (Å²) in [7, 11) is 2.14. The summed E-state index contributed by atoms with van der Waals surface area (Å²) < 4.78 is 20.6. The van der Waals surface area contributed by atoms with Gasteiger partial charge >= 0.3 is 0 Å². The quantitative estimate of drug-likeness (QED) is 0.563. The van der Waals surface area contributed by atoms with Crippen molar-refractivity contribution in [3.63, 3.8) is 0 Å². The van der Waals surface area contributed by atoms with E-state index < -0.39 is 6.01 Å². The van der Waals surface area contributed by atoms with Crippen molar-refractivity contribution in [1.29, 1.82) is 0 Å². The number of aromatic nitrogens is 3. The molecule has 0 unspecified atom stereocenters. The molecule has 0 spiro atoms. The molecule has 1 N–H and O–H groups in total. The van der Waals surface area contributed by atoms with Crippen LogP contribution in [-0.4, -0.2) is 44.9 Å². The number of piperidine rings is 1. The van der Waals surface area contributed by atoms with Gasteiger partial charge in [-0.1, -0.05) is 0 Å². The normalized spacial score (nSPS) is 18.3. The third-order valence-electron chi connectivity index (χ3n) is 5.78. The van der Waals surface area contributed by atoms with E-state index in [1.54, 1.807) is 12.1 Å². The van der Waals surface area contributed by atoms with Crippen molar-refractivity contribution in [2.75, 3.05) is 20.1 Å². The second-order valence-electron chi connectivity index (χ2n) is 7.62. The molecule has 1 aliphatic heterocycles. The fraction of sp³-hybridized carbons (Fsp3) is 0.333. The summed E-state index contributed by atoms with van der Waals surface area (Å²) in [5.41, 5.74) is 3.21. The highest BCUT2D eigenvalue weighted by Gasteiger charge is 2.23. The molecule has 1 aliphatic rings. The number of furan rings is 1. The Morgan fingerprint density at radius 1 is 1.21 bits per heavy atom. The third-order valence-corrected chi connectivity index (χ3v) is 5.78. The molecule has 144 valence electrons. The fourth-order valence-corrected chi connectivity index (χ4v) is 4.31. The van der Waals surface area contributed by atoms with Gasteiger partial charge in [0.2, 0.25) is 0 Å². The number of halogens is 1. The average molecular weight is 380 g/mol. The number of benzene rings is 1. The zero-order valence-corrected chi connectivity index (χ0v) is 15.8. The molecule has 0 radical (unpaired) electrons. The van der Waals surface area contributed by atoms with Crippen LogP contribution in [0.25, 0.3) is 33.3 Å². The van der Waals surface area contributed by atoms with Crippen molar-refractivity contribution >= 4 is 22.0 Å². The Balaban J connectivity index is 1.62. The molecular formula is C21H21FN4O2. The van der Waals surface area contributed by atoms with E-state index >= 15 is 0 Å². The molecule has 1 fully saturated rings. The highest BCUT2D eigenvalue weighted by molar-refractivity contribution is 5.94. The van der Waals surface area contributed by atoms with Crippen LogP contribution < -0.4 is 0 Å². The van der Waals surface area contributed by atoms with Crippen LogP contribution in [0.15, 0.2) is 34.9 Å².